The summed E-state index contributed by atoms with van der Waals surface area (Å²) in [7, 11) is 0. The Hall–Kier alpha value is -2.20. The van der Waals surface area contributed by atoms with Crippen LogP contribution in [0.1, 0.15) is 40.9 Å². The Balaban J connectivity index is 2.25. The van der Waals surface area contributed by atoms with Gasteiger partial charge in [-0.25, -0.2) is 9.67 Å². The first-order valence-electron chi connectivity index (χ1n) is 7.57. The van der Waals surface area contributed by atoms with Gasteiger partial charge in [-0.05, 0) is 57.9 Å². The van der Waals surface area contributed by atoms with Crippen LogP contribution in [-0.2, 0) is 0 Å². The van der Waals surface area contributed by atoms with Gasteiger partial charge in [0.15, 0.2) is 5.82 Å². The van der Waals surface area contributed by atoms with Crippen molar-refractivity contribution in [1.29, 1.82) is 0 Å². The van der Waals surface area contributed by atoms with E-state index in [4.69, 9.17) is 10.7 Å². The maximum atomic E-state index is 5.99. The molecule has 0 spiro atoms. The molecule has 0 saturated carbocycles. The van der Waals surface area contributed by atoms with Crippen LogP contribution < -0.4 is 5.73 Å². The number of hydrogen-bond donors (Lipinski definition) is 1. The summed E-state index contributed by atoms with van der Waals surface area (Å²) in [5.74, 6) is 0.848. The van der Waals surface area contributed by atoms with E-state index in [1.165, 1.54) is 22.1 Å². The Bertz CT molecular complexity index is 859. The lowest BCUT2D eigenvalue weighted by molar-refractivity contribution is 0.788. The van der Waals surface area contributed by atoms with E-state index in [-0.39, 0.29) is 6.04 Å². The minimum atomic E-state index is -0.0281. The normalized spacial score (nSPS) is 12.8. The number of nitrogens with zero attached hydrogens (tertiary/aromatic N) is 3. The predicted molar refractivity (Wildman–Crippen MR) is 90.4 cm³/mol. The van der Waals surface area contributed by atoms with Gasteiger partial charge < -0.3 is 5.73 Å². The van der Waals surface area contributed by atoms with Crippen LogP contribution in [0.15, 0.2) is 24.4 Å². The minimum absolute atomic E-state index is 0.0281. The van der Waals surface area contributed by atoms with Crippen molar-refractivity contribution in [3.8, 4) is 5.82 Å². The first kappa shape index (κ1) is 14.7. The molecule has 0 saturated heterocycles. The number of pyridine rings is 1. The number of fused-ring (bicyclic) bond motifs is 1. The Kier molecular flexibility index (Phi) is 3.49. The average Bonchev–Trinajstić information content (AvgIpc) is 2.81. The molecule has 0 aliphatic carbocycles. The van der Waals surface area contributed by atoms with Crippen molar-refractivity contribution < 1.29 is 0 Å². The van der Waals surface area contributed by atoms with E-state index in [1.807, 2.05) is 24.7 Å². The Morgan fingerprint density at radius 1 is 1.05 bits per heavy atom. The smallest absolute Gasteiger partial charge is 0.154 e. The largest absolute Gasteiger partial charge is 0.324 e. The first-order chi connectivity index (χ1) is 10.4. The molecule has 1 aromatic carbocycles. The zero-order valence-corrected chi connectivity index (χ0v) is 13.8. The summed E-state index contributed by atoms with van der Waals surface area (Å²) < 4.78 is 1.88. The number of hydrogen-bond acceptors (Lipinski definition) is 3. The van der Waals surface area contributed by atoms with Gasteiger partial charge in [-0.15, -0.1) is 0 Å². The molecule has 0 aliphatic rings. The van der Waals surface area contributed by atoms with Gasteiger partial charge in [0.05, 0.1) is 11.7 Å². The van der Waals surface area contributed by atoms with Gasteiger partial charge >= 0.3 is 0 Å². The van der Waals surface area contributed by atoms with Crippen molar-refractivity contribution in [2.75, 3.05) is 0 Å². The molecule has 0 amide bonds. The lowest BCUT2D eigenvalue weighted by atomic mass is 10.0. The minimum Gasteiger partial charge on any atom is -0.324 e. The summed E-state index contributed by atoms with van der Waals surface area (Å²) >= 11 is 0. The molecule has 4 nitrogen and oxygen atoms in total. The topological polar surface area (TPSA) is 56.7 Å². The van der Waals surface area contributed by atoms with Crippen LogP contribution in [0.3, 0.4) is 0 Å². The molecular formula is C18H22N4. The molecule has 0 radical (unpaired) electrons. The molecule has 1 atom stereocenters. The molecule has 4 heteroatoms. The Morgan fingerprint density at radius 2 is 1.77 bits per heavy atom. The quantitative estimate of drug-likeness (QED) is 0.784. The third-order valence-electron chi connectivity index (χ3n) is 4.20. The zero-order valence-electron chi connectivity index (χ0n) is 13.8. The summed E-state index contributed by atoms with van der Waals surface area (Å²) in [6.07, 6.45) is 1.84. The van der Waals surface area contributed by atoms with Crippen molar-refractivity contribution in [2.45, 2.75) is 40.7 Å². The zero-order chi connectivity index (χ0) is 16.0. The second-order valence-corrected chi connectivity index (χ2v) is 6.16. The SMILES string of the molecule is Cc1cc(C)c2nc(-n3ncc(C(C)N)c3C)cc(C)c2c1. The first-order valence-corrected chi connectivity index (χ1v) is 7.57. The molecule has 22 heavy (non-hydrogen) atoms. The van der Waals surface area contributed by atoms with E-state index in [1.54, 1.807) is 0 Å². The maximum absolute atomic E-state index is 5.99. The molecule has 3 aromatic rings. The highest BCUT2D eigenvalue weighted by Gasteiger charge is 2.14. The fourth-order valence-electron chi connectivity index (χ4n) is 3.04. The van der Waals surface area contributed by atoms with Crippen molar-refractivity contribution in [3.63, 3.8) is 0 Å². The van der Waals surface area contributed by atoms with Crippen LogP contribution in [0.25, 0.3) is 16.7 Å². The fraction of sp³-hybridized carbons (Fsp3) is 0.333. The summed E-state index contributed by atoms with van der Waals surface area (Å²) in [6.45, 7) is 10.4. The van der Waals surface area contributed by atoms with Gasteiger partial charge in [-0.3, -0.25) is 0 Å². The second-order valence-electron chi connectivity index (χ2n) is 6.16. The summed E-state index contributed by atoms with van der Waals surface area (Å²) in [5.41, 5.74) is 12.8. The van der Waals surface area contributed by atoms with E-state index < -0.39 is 0 Å². The molecular weight excluding hydrogens is 272 g/mol. The molecule has 114 valence electrons. The molecule has 2 N–H and O–H groups in total. The van der Waals surface area contributed by atoms with E-state index in [0.29, 0.717) is 0 Å². The van der Waals surface area contributed by atoms with Gasteiger partial charge in [0, 0.05) is 22.7 Å². The number of aromatic nitrogens is 3. The highest BCUT2D eigenvalue weighted by molar-refractivity contribution is 5.86. The highest BCUT2D eigenvalue weighted by Crippen LogP contribution is 2.25. The van der Waals surface area contributed by atoms with E-state index >= 15 is 0 Å². The summed E-state index contributed by atoms with van der Waals surface area (Å²) in [4.78, 5) is 4.84. The van der Waals surface area contributed by atoms with Crippen molar-refractivity contribution in [3.05, 3.63) is 52.3 Å². The Labute approximate surface area is 131 Å². The molecule has 3 rings (SSSR count). The van der Waals surface area contributed by atoms with E-state index in [0.717, 1.165) is 22.6 Å². The van der Waals surface area contributed by atoms with Crippen LogP contribution >= 0.6 is 0 Å². The van der Waals surface area contributed by atoms with Crippen LogP contribution in [-0.4, -0.2) is 14.8 Å². The van der Waals surface area contributed by atoms with E-state index in [9.17, 15) is 0 Å². The van der Waals surface area contributed by atoms with Crippen molar-refractivity contribution >= 4 is 10.9 Å². The van der Waals surface area contributed by atoms with E-state index in [2.05, 4.69) is 44.1 Å². The van der Waals surface area contributed by atoms with Crippen LogP contribution in [0.5, 0.6) is 0 Å². The molecule has 0 bridgehead atoms. The Morgan fingerprint density at radius 3 is 2.41 bits per heavy atom. The standard InChI is InChI=1S/C18H22N4/c1-10-6-12(3)18-15(7-10)11(2)8-17(21-18)22-14(5)16(9-20-22)13(4)19/h6-9,13H,19H2,1-5H3. The van der Waals surface area contributed by atoms with Gasteiger partial charge in [-0.2, -0.15) is 5.10 Å². The summed E-state index contributed by atoms with van der Waals surface area (Å²) in [5, 5.41) is 5.68. The van der Waals surface area contributed by atoms with Gasteiger partial charge in [-0.1, -0.05) is 11.6 Å². The maximum Gasteiger partial charge on any atom is 0.154 e. The number of nitrogens with two attached hydrogens (primary N) is 1. The van der Waals surface area contributed by atoms with Crippen molar-refractivity contribution in [1.82, 2.24) is 14.8 Å². The van der Waals surface area contributed by atoms with Gasteiger partial charge in [0.25, 0.3) is 0 Å². The average molecular weight is 294 g/mol. The molecule has 0 fully saturated rings. The lowest BCUT2D eigenvalue weighted by Gasteiger charge is -2.11. The second kappa shape index (κ2) is 5.21. The molecule has 1 unspecified atom stereocenters. The third-order valence-corrected chi connectivity index (χ3v) is 4.20. The van der Waals surface area contributed by atoms with Gasteiger partial charge in [0.2, 0.25) is 0 Å². The molecule has 2 aromatic heterocycles. The fourth-order valence-corrected chi connectivity index (χ4v) is 3.04. The molecule has 0 aliphatic heterocycles. The van der Waals surface area contributed by atoms with Crippen molar-refractivity contribution in [2.24, 2.45) is 5.73 Å². The van der Waals surface area contributed by atoms with Gasteiger partial charge in [0.1, 0.15) is 0 Å². The number of rotatable bonds is 2. The highest BCUT2D eigenvalue weighted by atomic mass is 15.3. The summed E-state index contributed by atoms with van der Waals surface area (Å²) in [6, 6.07) is 6.42. The third kappa shape index (κ3) is 2.29. The van der Waals surface area contributed by atoms with Crippen LogP contribution in [0, 0.1) is 27.7 Å². The van der Waals surface area contributed by atoms with Crippen LogP contribution in [0.4, 0.5) is 0 Å². The molecule has 2 heterocycles. The number of benzene rings is 1. The monoisotopic (exact) mass is 294 g/mol. The lowest BCUT2D eigenvalue weighted by Crippen LogP contribution is -2.08. The van der Waals surface area contributed by atoms with Crippen LogP contribution in [0.2, 0.25) is 0 Å². The number of aryl methyl sites for hydroxylation is 3. The predicted octanol–water partition coefficient (Wildman–Crippen LogP) is 3.67.